The molecule has 0 saturated carbocycles. The first kappa shape index (κ1) is 20.2. The van der Waals surface area contributed by atoms with Crippen LogP contribution in [0.3, 0.4) is 0 Å². The van der Waals surface area contributed by atoms with Crippen LogP contribution in [0.4, 0.5) is 17.2 Å². The number of rotatable bonds is 4. The Hall–Kier alpha value is -3.50. The van der Waals surface area contributed by atoms with Gasteiger partial charge in [-0.05, 0) is 65.2 Å². The maximum Gasteiger partial charge on any atom is 0.258 e. The Kier molecular flexibility index (Phi) is 6.05. The van der Waals surface area contributed by atoms with Crippen LogP contribution in [-0.2, 0) is 0 Å². The molecule has 0 atom stereocenters. The summed E-state index contributed by atoms with van der Waals surface area (Å²) in [6.07, 6.45) is 1.59. The number of aryl methyl sites for hydroxylation is 2. The quantitative estimate of drug-likeness (QED) is 0.516. The summed E-state index contributed by atoms with van der Waals surface area (Å²) in [6.45, 7) is 10.8. The summed E-state index contributed by atoms with van der Waals surface area (Å²) in [7, 11) is 0. The van der Waals surface area contributed by atoms with Gasteiger partial charge in [-0.2, -0.15) is 0 Å². The van der Waals surface area contributed by atoms with E-state index < -0.39 is 0 Å². The number of hydrogen-bond acceptors (Lipinski definition) is 3. The Balaban J connectivity index is 1.88. The lowest BCUT2D eigenvalue weighted by molar-refractivity contribution is 0.102. The zero-order chi connectivity index (χ0) is 21.0. The number of anilines is 2. The molecule has 2 N–H and O–H groups in total. The average Bonchev–Trinajstić information content (AvgIpc) is 2.72. The first-order valence-corrected chi connectivity index (χ1v) is 9.49. The van der Waals surface area contributed by atoms with E-state index in [1.165, 1.54) is 0 Å². The van der Waals surface area contributed by atoms with Crippen LogP contribution in [0.2, 0.25) is 0 Å². The molecule has 29 heavy (non-hydrogen) atoms. The van der Waals surface area contributed by atoms with Gasteiger partial charge in [-0.25, -0.2) is 9.83 Å². The summed E-state index contributed by atoms with van der Waals surface area (Å²) in [4.78, 5) is 32.9. The predicted octanol–water partition coefficient (Wildman–Crippen LogP) is 5.52. The van der Waals surface area contributed by atoms with E-state index in [9.17, 15) is 9.59 Å². The van der Waals surface area contributed by atoms with Gasteiger partial charge in [0.25, 0.3) is 11.8 Å². The minimum Gasteiger partial charge on any atom is -0.321 e. The molecule has 2 amide bonds. The number of hydrogen-bond donors (Lipinski definition) is 2. The highest BCUT2D eigenvalue weighted by Gasteiger charge is 2.17. The maximum absolute atomic E-state index is 12.8. The van der Waals surface area contributed by atoms with Gasteiger partial charge in [-0.3, -0.25) is 9.59 Å². The number of aromatic nitrogens is 1. The van der Waals surface area contributed by atoms with Crippen molar-refractivity contribution in [1.82, 2.24) is 4.98 Å². The molecule has 6 nitrogen and oxygen atoms in total. The van der Waals surface area contributed by atoms with Crippen molar-refractivity contribution in [2.45, 2.75) is 13.8 Å². The zero-order valence-corrected chi connectivity index (χ0v) is 17.4. The van der Waals surface area contributed by atoms with E-state index >= 15 is 0 Å². The Morgan fingerprint density at radius 2 is 1.66 bits per heavy atom. The van der Waals surface area contributed by atoms with Gasteiger partial charge in [-0.1, -0.05) is 24.3 Å². The minimum absolute atomic E-state index is 0.337. The van der Waals surface area contributed by atoms with Gasteiger partial charge in [0.2, 0.25) is 0 Å². The molecule has 0 saturated heterocycles. The molecule has 1 aromatic heterocycles. The fraction of sp³-hybridized carbons (Fsp3) is 0.0909. The van der Waals surface area contributed by atoms with Crippen molar-refractivity contribution in [2.24, 2.45) is 0 Å². The predicted molar refractivity (Wildman–Crippen MR) is 116 cm³/mol. The van der Waals surface area contributed by atoms with E-state index in [1.54, 1.807) is 54.7 Å². The second kappa shape index (κ2) is 8.67. The van der Waals surface area contributed by atoms with Gasteiger partial charge < -0.3 is 10.6 Å². The molecule has 0 unspecified atom stereocenters. The Morgan fingerprint density at radius 3 is 2.28 bits per heavy atom. The molecule has 0 aliphatic heterocycles. The first-order valence-electron chi connectivity index (χ1n) is 8.70. The largest absolute Gasteiger partial charge is 0.321 e. The van der Waals surface area contributed by atoms with Crippen molar-refractivity contribution in [3.8, 4) is 0 Å². The molecule has 0 radical (unpaired) electrons. The molecular weight excluding hydrogens is 432 g/mol. The van der Waals surface area contributed by atoms with Gasteiger partial charge in [0.05, 0.1) is 17.8 Å². The van der Waals surface area contributed by atoms with Crippen molar-refractivity contribution < 1.29 is 9.59 Å². The molecule has 3 aromatic rings. The molecule has 0 fully saturated rings. The highest BCUT2D eigenvalue weighted by molar-refractivity contribution is 9.10. The first-order chi connectivity index (χ1) is 13.9. The number of carbonyl (C=O) groups is 2. The lowest BCUT2D eigenvalue weighted by Crippen LogP contribution is -2.19. The summed E-state index contributed by atoms with van der Waals surface area (Å²) in [6, 6.07) is 13.3. The van der Waals surface area contributed by atoms with Gasteiger partial charge in [0, 0.05) is 16.2 Å². The third kappa shape index (κ3) is 4.86. The van der Waals surface area contributed by atoms with Crippen LogP contribution in [0, 0.1) is 20.4 Å². The molecule has 0 aliphatic rings. The summed E-state index contributed by atoms with van der Waals surface area (Å²) >= 11 is 3.31. The molecular formula is C22H17BrN4O2. The second-order valence-corrected chi connectivity index (χ2v) is 7.33. The van der Waals surface area contributed by atoms with Gasteiger partial charge >= 0.3 is 0 Å². The topological polar surface area (TPSA) is 75.5 Å². The van der Waals surface area contributed by atoms with E-state index in [4.69, 9.17) is 6.57 Å². The third-order valence-corrected chi connectivity index (χ3v) is 4.82. The summed E-state index contributed by atoms with van der Waals surface area (Å²) < 4.78 is 0.805. The minimum atomic E-state index is -0.374. The zero-order valence-electron chi connectivity index (χ0n) is 15.8. The molecule has 144 valence electrons. The molecule has 0 aliphatic carbocycles. The normalized spacial score (nSPS) is 10.1. The molecule has 7 heteroatoms. The molecule has 0 bridgehead atoms. The van der Waals surface area contributed by atoms with Crippen molar-refractivity contribution in [3.63, 3.8) is 0 Å². The van der Waals surface area contributed by atoms with Crippen LogP contribution < -0.4 is 10.6 Å². The highest BCUT2D eigenvalue weighted by Crippen LogP contribution is 2.24. The lowest BCUT2D eigenvalue weighted by atomic mass is 10.0. The maximum atomic E-state index is 12.8. The number of carbonyl (C=O) groups excluding carboxylic acids is 2. The summed E-state index contributed by atoms with van der Waals surface area (Å²) in [5, 5.41) is 5.55. The van der Waals surface area contributed by atoms with Crippen molar-refractivity contribution >= 4 is 44.9 Å². The number of pyridine rings is 1. The average molecular weight is 449 g/mol. The molecule has 0 spiro atoms. The molecule has 3 rings (SSSR count). The summed E-state index contributed by atoms with van der Waals surface area (Å²) in [5.74, 6) is -0.328. The van der Waals surface area contributed by atoms with E-state index in [0.717, 1.165) is 15.6 Å². The number of benzene rings is 2. The molecule has 2 aromatic carbocycles. The number of halogens is 1. The Bertz CT molecular complexity index is 1120. The van der Waals surface area contributed by atoms with E-state index in [-0.39, 0.29) is 11.8 Å². The van der Waals surface area contributed by atoms with Gasteiger partial charge in [0.15, 0.2) is 5.69 Å². The smallest absolute Gasteiger partial charge is 0.258 e. The van der Waals surface area contributed by atoms with Crippen LogP contribution in [0.25, 0.3) is 4.85 Å². The van der Waals surface area contributed by atoms with Crippen LogP contribution >= 0.6 is 15.9 Å². The van der Waals surface area contributed by atoms with Crippen LogP contribution in [-0.4, -0.2) is 16.8 Å². The monoisotopic (exact) mass is 448 g/mol. The second-order valence-electron chi connectivity index (χ2n) is 6.41. The van der Waals surface area contributed by atoms with Crippen molar-refractivity contribution in [2.75, 3.05) is 10.6 Å². The van der Waals surface area contributed by atoms with Crippen molar-refractivity contribution in [3.05, 3.63) is 92.9 Å². The Morgan fingerprint density at radius 1 is 0.966 bits per heavy atom. The van der Waals surface area contributed by atoms with Crippen LogP contribution in [0.1, 0.15) is 31.8 Å². The highest BCUT2D eigenvalue weighted by atomic mass is 79.9. The standard InChI is InChI=1S/C22H17BrN4O2/c1-13-10-18(22(29)27-20-9-6-16(23)12-25-20)19(11-14(13)2)26-21(28)15-4-7-17(24-3)8-5-15/h4-12H,1-2H3,(H,26,28)(H,25,27,29). The Labute approximate surface area is 176 Å². The lowest BCUT2D eigenvalue weighted by Gasteiger charge is -2.14. The SMILES string of the molecule is [C-]#[N+]c1ccc(C(=O)Nc2cc(C)c(C)cc2C(=O)Nc2ccc(Br)cn2)cc1. The number of nitrogens with one attached hydrogen (secondary N) is 2. The summed E-state index contributed by atoms with van der Waals surface area (Å²) in [5.41, 5.74) is 3.47. The fourth-order valence-corrected chi connectivity index (χ4v) is 2.86. The van der Waals surface area contributed by atoms with E-state index in [2.05, 4.69) is 36.4 Å². The third-order valence-electron chi connectivity index (χ3n) is 4.35. The van der Waals surface area contributed by atoms with Crippen LogP contribution in [0.5, 0.6) is 0 Å². The van der Waals surface area contributed by atoms with E-state index in [1.807, 2.05) is 13.8 Å². The van der Waals surface area contributed by atoms with E-state index in [0.29, 0.717) is 28.3 Å². The molecule has 1 heterocycles. The van der Waals surface area contributed by atoms with Crippen LogP contribution in [0.15, 0.2) is 59.2 Å². The van der Waals surface area contributed by atoms with Gasteiger partial charge in [-0.15, -0.1) is 0 Å². The number of amides is 2. The fourth-order valence-electron chi connectivity index (χ4n) is 2.62. The van der Waals surface area contributed by atoms with Gasteiger partial charge in [0.1, 0.15) is 5.82 Å². The van der Waals surface area contributed by atoms with Crippen molar-refractivity contribution in [1.29, 1.82) is 0 Å². The number of nitrogens with zero attached hydrogens (tertiary/aromatic N) is 2.